The number of benzene rings is 1. The molecule has 1 N–H and O–H groups in total. The van der Waals surface area contributed by atoms with Crippen molar-refractivity contribution < 1.29 is 4.79 Å². The second-order valence-corrected chi connectivity index (χ2v) is 5.92. The molecule has 1 aliphatic carbocycles. The van der Waals surface area contributed by atoms with Crippen molar-refractivity contribution >= 4 is 6.03 Å². The van der Waals surface area contributed by atoms with Crippen molar-refractivity contribution in [3.8, 4) is 0 Å². The van der Waals surface area contributed by atoms with E-state index in [9.17, 15) is 4.79 Å². The first kappa shape index (κ1) is 12.5. The van der Waals surface area contributed by atoms with E-state index in [0.29, 0.717) is 6.04 Å². The minimum atomic E-state index is -0.0878. The minimum absolute atomic E-state index is 0.0878. The van der Waals surface area contributed by atoms with E-state index in [-0.39, 0.29) is 11.6 Å². The van der Waals surface area contributed by atoms with Gasteiger partial charge in [-0.15, -0.1) is 0 Å². The molecular formula is C16H22N2O. The standard InChI is InChI=1S/C16H22N2O/c1-13-7-5-6-12-18(13)15(19)17-16(10-11-16)14-8-3-2-4-9-14/h2-4,8-9,13H,5-7,10-12H2,1H3,(H,17,19). The highest BCUT2D eigenvalue weighted by atomic mass is 16.2. The van der Waals surface area contributed by atoms with Gasteiger partial charge in [0.25, 0.3) is 0 Å². The lowest BCUT2D eigenvalue weighted by Gasteiger charge is -2.35. The van der Waals surface area contributed by atoms with Gasteiger partial charge in [0, 0.05) is 12.6 Å². The van der Waals surface area contributed by atoms with Crippen molar-refractivity contribution in [1.29, 1.82) is 0 Å². The first-order valence-electron chi connectivity index (χ1n) is 7.36. The number of likely N-dealkylation sites (tertiary alicyclic amines) is 1. The van der Waals surface area contributed by atoms with Crippen LogP contribution >= 0.6 is 0 Å². The first-order chi connectivity index (χ1) is 9.21. The van der Waals surface area contributed by atoms with Crippen molar-refractivity contribution in [1.82, 2.24) is 10.2 Å². The van der Waals surface area contributed by atoms with Crippen LogP contribution in [-0.4, -0.2) is 23.5 Å². The Morgan fingerprint density at radius 2 is 2.00 bits per heavy atom. The van der Waals surface area contributed by atoms with Crippen LogP contribution in [0.15, 0.2) is 30.3 Å². The van der Waals surface area contributed by atoms with Crippen LogP contribution in [0, 0.1) is 0 Å². The van der Waals surface area contributed by atoms with Gasteiger partial charge in [0.15, 0.2) is 0 Å². The van der Waals surface area contributed by atoms with E-state index in [2.05, 4.69) is 24.4 Å². The maximum Gasteiger partial charge on any atom is 0.318 e. The van der Waals surface area contributed by atoms with Gasteiger partial charge in [-0.3, -0.25) is 0 Å². The fourth-order valence-corrected chi connectivity index (χ4v) is 3.04. The largest absolute Gasteiger partial charge is 0.328 e. The summed E-state index contributed by atoms with van der Waals surface area (Å²) >= 11 is 0. The Morgan fingerprint density at radius 3 is 2.63 bits per heavy atom. The summed E-state index contributed by atoms with van der Waals surface area (Å²) in [6.07, 6.45) is 5.63. The molecule has 1 aliphatic heterocycles. The molecule has 2 fully saturated rings. The summed E-state index contributed by atoms with van der Waals surface area (Å²) in [6, 6.07) is 10.8. The first-order valence-corrected chi connectivity index (χ1v) is 7.36. The summed E-state index contributed by atoms with van der Waals surface area (Å²) in [5, 5.41) is 3.27. The number of carbonyl (C=O) groups is 1. The molecule has 2 aliphatic rings. The summed E-state index contributed by atoms with van der Waals surface area (Å²) in [5.41, 5.74) is 1.16. The van der Waals surface area contributed by atoms with Crippen LogP contribution in [0.25, 0.3) is 0 Å². The van der Waals surface area contributed by atoms with Crippen LogP contribution in [-0.2, 0) is 5.54 Å². The van der Waals surface area contributed by atoms with E-state index in [4.69, 9.17) is 0 Å². The van der Waals surface area contributed by atoms with E-state index in [0.717, 1.165) is 32.2 Å². The third kappa shape index (κ3) is 2.46. The van der Waals surface area contributed by atoms with E-state index in [1.54, 1.807) is 0 Å². The Morgan fingerprint density at radius 1 is 1.26 bits per heavy atom. The zero-order chi connectivity index (χ0) is 13.3. The van der Waals surface area contributed by atoms with E-state index < -0.39 is 0 Å². The third-order valence-corrected chi connectivity index (χ3v) is 4.49. The molecule has 0 radical (unpaired) electrons. The van der Waals surface area contributed by atoms with Gasteiger partial charge in [0.05, 0.1) is 5.54 Å². The molecule has 1 heterocycles. The molecule has 3 rings (SSSR count). The molecular weight excluding hydrogens is 236 g/mol. The lowest BCUT2D eigenvalue weighted by molar-refractivity contribution is 0.153. The van der Waals surface area contributed by atoms with Crippen molar-refractivity contribution in [3.05, 3.63) is 35.9 Å². The van der Waals surface area contributed by atoms with Crippen LogP contribution in [0.2, 0.25) is 0 Å². The van der Waals surface area contributed by atoms with Crippen LogP contribution in [0.1, 0.15) is 44.6 Å². The normalized spacial score (nSPS) is 24.9. The number of carbonyl (C=O) groups excluding carboxylic acids is 1. The highest BCUT2D eigenvalue weighted by molar-refractivity contribution is 5.76. The number of hydrogen-bond acceptors (Lipinski definition) is 1. The SMILES string of the molecule is CC1CCCCN1C(=O)NC1(c2ccccc2)CC1. The lowest BCUT2D eigenvalue weighted by atomic mass is 10.0. The molecule has 1 aromatic rings. The molecule has 1 unspecified atom stereocenters. The van der Waals surface area contributed by atoms with Gasteiger partial charge in [0.1, 0.15) is 0 Å². The molecule has 2 amide bonds. The molecule has 1 saturated carbocycles. The number of urea groups is 1. The molecule has 102 valence electrons. The van der Waals surface area contributed by atoms with Crippen LogP contribution in [0.4, 0.5) is 4.79 Å². The van der Waals surface area contributed by atoms with Gasteiger partial charge in [-0.2, -0.15) is 0 Å². The van der Waals surface area contributed by atoms with Gasteiger partial charge in [0.2, 0.25) is 0 Å². The zero-order valence-electron chi connectivity index (χ0n) is 11.6. The third-order valence-electron chi connectivity index (χ3n) is 4.49. The van der Waals surface area contributed by atoms with E-state index in [1.165, 1.54) is 12.0 Å². The molecule has 0 bridgehead atoms. The molecule has 0 aromatic heterocycles. The summed E-state index contributed by atoms with van der Waals surface area (Å²) in [5.74, 6) is 0. The number of nitrogens with zero attached hydrogens (tertiary/aromatic N) is 1. The smallest absolute Gasteiger partial charge is 0.318 e. The highest BCUT2D eigenvalue weighted by Gasteiger charge is 2.46. The molecule has 1 aromatic carbocycles. The average Bonchev–Trinajstić information content (AvgIpc) is 3.21. The Hall–Kier alpha value is -1.51. The number of amides is 2. The van der Waals surface area contributed by atoms with Gasteiger partial charge in [-0.25, -0.2) is 4.79 Å². The van der Waals surface area contributed by atoms with Crippen LogP contribution in [0.5, 0.6) is 0 Å². The Bertz CT molecular complexity index is 453. The van der Waals surface area contributed by atoms with Crippen molar-refractivity contribution in [2.45, 2.75) is 50.6 Å². The van der Waals surface area contributed by atoms with E-state index >= 15 is 0 Å². The Labute approximate surface area is 115 Å². The molecule has 1 saturated heterocycles. The molecule has 3 heteroatoms. The van der Waals surface area contributed by atoms with Crippen LogP contribution < -0.4 is 5.32 Å². The predicted molar refractivity (Wildman–Crippen MR) is 75.9 cm³/mol. The number of nitrogens with one attached hydrogen (secondary N) is 1. The van der Waals surface area contributed by atoms with Crippen molar-refractivity contribution in [2.24, 2.45) is 0 Å². The van der Waals surface area contributed by atoms with Gasteiger partial charge >= 0.3 is 6.03 Å². The van der Waals surface area contributed by atoms with E-state index in [1.807, 2.05) is 23.1 Å². The summed E-state index contributed by atoms with van der Waals surface area (Å²) in [4.78, 5) is 14.5. The fraction of sp³-hybridized carbons (Fsp3) is 0.562. The highest BCUT2D eigenvalue weighted by Crippen LogP contribution is 2.45. The Kier molecular flexibility index (Phi) is 3.21. The van der Waals surface area contributed by atoms with Gasteiger partial charge in [-0.1, -0.05) is 30.3 Å². The second kappa shape index (κ2) is 4.87. The summed E-state index contributed by atoms with van der Waals surface area (Å²) in [7, 11) is 0. The molecule has 1 atom stereocenters. The second-order valence-electron chi connectivity index (χ2n) is 5.92. The fourth-order valence-electron chi connectivity index (χ4n) is 3.04. The Balaban J connectivity index is 1.69. The lowest BCUT2D eigenvalue weighted by Crippen LogP contribution is -2.50. The number of piperidine rings is 1. The van der Waals surface area contributed by atoms with Crippen LogP contribution in [0.3, 0.4) is 0 Å². The topological polar surface area (TPSA) is 32.3 Å². The monoisotopic (exact) mass is 258 g/mol. The maximum atomic E-state index is 12.5. The summed E-state index contributed by atoms with van der Waals surface area (Å²) < 4.78 is 0. The zero-order valence-corrected chi connectivity index (χ0v) is 11.6. The molecule has 3 nitrogen and oxygen atoms in total. The van der Waals surface area contributed by atoms with Gasteiger partial charge < -0.3 is 10.2 Å². The summed E-state index contributed by atoms with van der Waals surface area (Å²) in [6.45, 7) is 3.05. The average molecular weight is 258 g/mol. The molecule has 19 heavy (non-hydrogen) atoms. The quantitative estimate of drug-likeness (QED) is 0.867. The van der Waals surface area contributed by atoms with Crippen molar-refractivity contribution in [3.63, 3.8) is 0 Å². The molecule has 0 spiro atoms. The maximum absolute atomic E-state index is 12.5. The predicted octanol–water partition coefficient (Wildman–Crippen LogP) is 3.26. The minimum Gasteiger partial charge on any atom is -0.328 e. The van der Waals surface area contributed by atoms with Crippen molar-refractivity contribution in [2.75, 3.05) is 6.54 Å². The number of hydrogen-bond donors (Lipinski definition) is 1. The number of rotatable bonds is 2. The van der Waals surface area contributed by atoms with Gasteiger partial charge in [-0.05, 0) is 44.6 Å².